The average molecular weight is 268 g/mol. The summed E-state index contributed by atoms with van der Waals surface area (Å²) in [5.41, 5.74) is 0. The van der Waals surface area contributed by atoms with Gasteiger partial charge in [-0.15, -0.1) is 0 Å². The molecule has 2 amide bonds. The van der Waals surface area contributed by atoms with Crippen LogP contribution in [0.25, 0.3) is 0 Å². The van der Waals surface area contributed by atoms with E-state index in [4.69, 9.17) is 4.74 Å². The molecule has 2 fully saturated rings. The molecule has 0 radical (unpaired) electrons. The molecule has 0 aromatic heterocycles. The number of hydrogen-bond donors (Lipinski definition) is 2. The zero-order valence-electron chi connectivity index (χ0n) is 11.8. The fraction of sp³-hybridized carbons (Fsp3) is 0.857. The zero-order chi connectivity index (χ0) is 13.8. The molecule has 5 heteroatoms. The summed E-state index contributed by atoms with van der Waals surface area (Å²) in [4.78, 5) is 23.6. The second-order valence-corrected chi connectivity index (χ2v) is 5.97. The maximum Gasteiger partial charge on any atom is 0.224 e. The van der Waals surface area contributed by atoms with Crippen LogP contribution in [0.4, 0.5) is 0 Å². The monoisotopic (exact) mass is 268 g/mol. The van der Waals surface area contributed by atoms with Crippen LogP contribution in [0.15, 0.2) is 0 Å². The third-order valence-electron chi connectivity index (χ3n) is 3.68. The number of carbonyl (C=O) groups excluding carboxylic acids is 2. The molecule has 3 unspecified atom stereocenters. The van der Waals surface area contributed by atoms with Crippen LogP contribution < -0.4 is 10.6 Å². The van der Waals surface area contributed by atoms with E-state index in [1.807, 2.05) is 0 Å². The molecule has 5 nitrogen and oxygen atoms in total. The van der Waals surface area contributed by atoms with E-state index >= 15 is 0 Å². The maximum absolute atomic E-state index is 11.9. The number of rotatable bonds is 6. The van der Waals surface area contributed by atoms with Crippen LogP contribution in [-0.4, -0.2) is 37.6 Å². The number of amides is 2. The van der Waals surface area contributed by atoms with E-state index in [-0.39, 0.29) is 29.8 Å². The highest BCUT2D eigenvalue weighted by atomic mass is 16.5. The topological polar surface area (TPSA) is 67.4 Å². The number of ether oxygens (including phenoxy) is 1. The van der Waals surface area contributed by atoms with Crippen LogP contribution in [0.1, 0.15) is 33.1 Å². The lowest BCUT2D eigenvalue weighted by Gasteiger charge is -2.11. The van der Waals surface area contributed by atoms with Gasteiger partial charge in [0, 0.05) is 19.7 Å². The Hall–Kier alpha value is -1.10. The molecule has 0 bridgehead atoms. The molecule has 1 heterocycles. The van der Waals surface area contributed by atoms with E-state index in [9.17, 15) is 9.59 Å². The van der Waals surface area contributed by atoms with E-state index in [1.165, 1.54) is 0 Å². The molecule has 1 aliphatic carbocycles. The van der Waals surface area contributed by atoms with Gasteiger partial charge in [0.1, 0.15) is 0 Å². The SMILES string of the molecule is CC(C)CNC(=O)C1CC1C(=O)NCC1CCCO1. The van der Waals surface area contributed by atoms with Crippen molar-refractivity contribution in [3.63, 3.8) is 0 Å². The molecule has 2 aliphatic rings. The van der Waals surface area contributed by atoms with Crippen LogP contribution in [-0.2, 0) is 14.3 Å². The molecular formula is C14H24N2O3. The van der Waals surface area contributed by atoms with Crippen molar-refractivity contribution < 1.29 is 14.3 Å². The van der Waals surface area contributed by atoms with Crippen molar-refractivity contribution in [3.8, 4) is 0 Å². The van der Waals surface area contributed by atoms with Crippen LogP contribution in [0.5, 0.6) is 0 Å². The first-order valence-electron chi connectivity index (χ1n) is 7.25. The molecule has 1 saturated carbocycles. The minimum absolute atomic E-state index is 0.000182. The van der Waals surface area contributed by atoms with E-state index < -0.39 is 0 Å². The van der Waals surface area contributed by atoms with Gasteiger partial charge in [0.2, 0.25) is 11.8 Å². The van der Waals surface area contributed by atoms with Gasteiger partial charge in [0.25, 0.3) is 0 Å². The Balaban J connectivity index is 1.63. The molecule has 108 valence electrons. The first-order valence-corrected chi connectivity index (χ1v) is 7.25. The highest BCUT2D eigenvalue weighted by Gasteiger charge is 2.47. The summed E-state index contributed by atoms with van der Waals surface area (Å²) in [6.45, 7) is 6.16. The van der Waals surface area contributed by atoms with Crippen molar-refractivity contribution in [2.45, 2.75) is 39.2 Å². The Morgan fingerprint density at radius 2 is 1.89 bits per heavy atom. The largest absolute Gasteiger partial charge is 0.376 e. The van der Waals surface area contributed by atoms with Crippen LogP contribution in [0, 0.1) is 17.8 Å². The number of hydrogen-bond acceptors (Lipinski definition) is 3. The maximum atomic E-state index is 11.9. The second-order valence-electron chi connectivity index (χ2n) is 5.97. The van der Waals surface area contributed by atoms with Crippen LogP contribution >= 0.6 is 0 Å². The summed E-state index contributed by atoms with van der Waals surface area (Å²) in [5, 5.41) is 5.77. The average Bonchev–Trinajstić information content (AvgIpc) is 3.01. The Bertz CT molecular complexity index is 338. The van der Waals surface area contributed by atoms with Crippen molar-refractivity contribution in [2.24, 2.45) is 17.8 Å². The first kappa shape index (κ1) is 14.3. The fourth-order valence-corrected chi connectivity index (χ4v) is 2.36. The third kappa shape index (κ3) is 4.20. The molecule has 19 heavy (non-hydrogen) atoms. The Kier molecular flexibility index (Phi) is 4.80. The van der Waals surface area contributed by atoms with E-state index in [0.717, 1.165) is 19.4 Å². The molecule has 2 N–H and O–H groups in total. The molecule has 3 atom stereocenters. The Morgan fingerprint density at radius 1 is 1.21 bits per heavy atom. The summed E-state index contributed by atoms with van der Waals surface area (Å²) < 4.78 is 5.45. The van der Waals surface area contributed by atoms with Crippen molar-refractivity contribution >= 4 is 11.8 Å². The lowest BCUT2D eigenvalue weighted by molar-refractivity contribution is -0.127. The highest BCUT2D eigenvalue weighted by molar-refractivity contribution is 5.92. The molecular weight excluding hydrogens is 244 g/mol. The minimum atomic E-state index is -0.131. The molecule has 0 spiro atoms. The fourth-order valence-electron chi connectivity index (χ4n) is 2.36. The number of nitrogens with one attached hydrogen (secondary N) is 2. The third-order valence-corrected chi connectivity index (χ3v) is 3.68. The first-order chi connectivity index (χ1) is 9.08. The van der Waals surface area contributed by atoms with Gasteiger partial charge < -0.3 is 15.4 Å². The highest BCUT2D eigenvalue weighted by Crippen LogP contribution is 2.38. The summed E-state index contributed by atoms with van der Waals surface area (Å²) in [6.07, 6.45) is 2.94. The van der Waals surface area contributed by atoms with E-state index in [0.29, 0.717) is 25.4 Å². The lowest BCUT2D eigenvalue weighted by Crippen LogP contribution is -2.35. The zero-order valence-corrected chi connectivity index (χ0v) is 11.8. The van der Waals surface area contributed by atoms with Crippen molar-refractivity contribution in [1.29, 1.82) is 0 Å². The molecule has 0 aromatic rings. The van der Waals surface area contributed by atoms with Crippen LogP contribution in [0.2, 0.25) is 0 Å². The molecule has 1 aliphatic heterocycles. The van der Waals surface area contributed by atoms with Gasteiger partial charge >= 0.3 is 0 Å². The summed E-state index contributed by atoms with van der Waals surface area (Å²) in [6, 6.07) is 0. The van der Waals surface area contributed by atoms with Gasteiger partial charge in [0.15, 0.2) is 0 Å². The summed E-state index contributed by atoms with van der Waals surface area (Å²) in [5.74, 6) is 0.206. The van der Waals surface area contributed by atoms with Crippen molar-refractivity contribution in [1.82, 2.24) is 10.6 Å². The van der Waals surface area contributed by atoms with E-state index in [1.54, 1.807) is 0 Å². The Morgan fingerprint density at radius 3 is 2.47 bits per heavy atom. The van der Waals surface area contributed by atoms with Gasteiger partial charge in [-0.2, -0.15) is 0 Å². The van der Waals surface area contributed by atoms with Gasteiger partial charge in [-0.1, -0.05) is 13.8 Å². The van der Waals surface area contributed by atoms with Gasteiger partial charge in [-0.3, -0.25) is 9.59 Å². The van der Waals surface area contributed by atoms with Crippen LogP contribution in [0.3, 0.4) is 0 Å². The normalized spacial score (nSPS) is 29.3. The Labute approximate surface area is 114 Å². The molecule has 2 rings (SSSR count). The predicted molar refractivity (Wildman–Crippen MR) is 71.4 cm³/mol. The smallest absolute Gasteiger partial charge is 0.224 e. The number of carbonyl (C=O) groups is 2. The molecule has 1 saturated heterocycles. The van der Waals surface area contributed by atoms with Gasteiger partial charge in [-0.05, 0) is 25.2 Å². The van der Waals surface area contributed by atoms with E-state index in [2.05, 4.69) is 24.5 Å². The van der Waals surface area contributed by atoms with Crippen molar-refractivity contribution in [2.75, 3.05) is 19.7 Å². The van der Waals surface area contributed by atoms with Crippen molar-refractivity contribution in [3.05, 3.63) is 0 Å². The van der Waals surface area contributed by atoms with Gasteiger partial charge in [-0.25, -0.2) is 0 Å². The van der Waals surface area contributed by atoms with Gasteiger partial charge in [0.05, 0.1) is 17.9 Å². The molecule has 0 aromatic carbocycles. The summed E-state index contributed by atoms with van der Waals surface area (Å²) >= 11 is 0. The quantitative estimate of drug-likeness (QED) is 0.745. The predicted octanol–water partition coefficient (Wildman–Crippen LogP) is 0.690. The minimum Gasteiger partial charge on any atom is -0.376 e. The lowest BCUT2D eigenvalue weighted by atomic mass is 10.2. The second kappa shape index (κ2) is 6.37. The standard InChI is InChI=1S/C14H24N2O3/c1-9(2)7-15-13(17)11-6-12(11)14(18)16-8-10-4-3-5-19-10/h9-12H,3-8H2,1-2H3,(H,15,17)(H,16,18). The summed E-state index contributed by atoms with van der Waals surface area (Å²) in [7, 11) is 0.